The maximum absolute atomic E-state index is 11.5. The molecule has 0 unspecified atom stereocenters. The van der Waals surface area contributed by atoms with Gasteiger partial charge in [0, 0.05) is 18.7 Å². The molecular weight excluding hydrogens is 284 g/mol. The number of urea groups is 1. The number of anilines is 1. The number of aromatic nitrogens is 1. The van der Waals surface area contributed by atoms with Gasteiger partial charge in [0.25, 0.3) is 5.69 Å². The number of thiazole rings is 1. The number of aliphatic hydroxyl groups is 1. The lowest BCUT2D eigenvalue weighted by Gasteiger charge is -2.06. The number of benzene rings is 1. The molecule has 9 heteroatoms. The summed E-state index contributed by atoms with van der Waals surface area (Å²) in [6, 6.07) is 3.81. The molecule has 3 N–H and O–H groups in total. The summed E-state index contributed by atoms with van der Waals surface area (Å²) in [5, 5.41) is 25.0. The molecule has 2 amide bonds. The third-order valence-electron chi connectivity index (χ3n) is 2.36. The molecule has 0 fully saturated rings. The Labute approximate surface area is 117 Å². The molecule has 1 heterocycles. The van der Waals surface area contributed by atoms with Crippen molar-refractivity contribution in [3.8, 4) is 0 Å². The van der Waals surface area contributed by atoms with E-state index in [2.05, 4.69) is 15.6 Å². The largest absolute Gasteiger partial charge is 0.392 e. The molecule has 0 bridgehead atoms. The zero-order chi connectivity index (χ0) is 14.7. The second-order valence-corrected chi connectivity index (χ2v) is 5.14. The Hall–Kier alpha value is -2.26. The average molecular weight is 296 g/mol. The van der Waals surface area contributed by atoms with E-state index in [0.29, 0.717) is 15.3 Å². The van der Waals surface area contributed by atoms with Crippen molar-refractivity contribution in [2.24, 2.45) is 0 Å². The Balaban J connectivity index is 2.11. The predicted octanol–water partition coefficient (Wildman–Crippen LogP) is 1.71. The highest BCUT2D eigenvalue weighted by Gasteiger charge is 2.11. The zero-order valence-electron chi connectivity index (χ0n) is 10.5. The number of aliphatic hydroxyl groups excluding tert-OH is 1. The Kier molecular flexibility index (Phi) is 4.11. The first-order valence-corrected chi connectivity index (χ1v) is 6.55. The van der Waals surface area contributed by atoms with Crippen LogP contribution in [0.5, 0.6) is 0 Å². The smallest absolute Gasteiger partial charge is 0.321 e. The second kappa shape index (κ2) is 5.80. The van der Waals surface area contributed by atoms with E-state index in [1.807, 2.05) is 0 Å². The lowest BCUT2D eigenvalue weighted by atomic mass is 10.3. The normalized spacial score (nSPS) is 12.1. The number of nitro groups is 1. The van der Waals surface area contributed by atoms with E-state index < -0.39 is 17.1 Å². The van der Waals surface area contributed by atoms with E-state index in [9.17, 15) is 14.9 Å². The van der Waals surface area contributed by atoms with Crippen molar-refractivity contribution in [1.82, 2.24) is 10.3 Å². The summed E-state index contributed by atoms with van der Waals surface area (Å²) < 4.78 is 0.616. The summed E-state index contributed by atoms with van der Waals surface area (Å²) in [7, 11) is 0. The molecule has 2 rings (SSSR count). The minimum Gasteiger partial charge on any atom is -0.392 e. The molecule has 1 aromatic carbocycles. The number of fused-ring (bicyclic) bond motifs is 1. The molecule has 0 spiro atoms. The summed E-state index contributed by atoms with van der Waals surface area (Å²) in [6.07, 6.45) is -0.640. The van der Waals surface area contributed by atoms with Gasteiger partial charge in [0.1, 0.15) is 0 Å². The van der Waals surface area contributed by atoms with E-state index in [1.165, 1.54) is 18.2 Å². The number of carbonyl (C=O) groups excluding carboxylic acids is 1. The molecule has 0 aliphatic heterocycles. The fourth-order valence-electron chi connectivity index (χ4n) is 1.46. The number of non-ortho nitro benzene ring substituents is 1. The van der Waals surface area contributed by atoms with Gasteiger partial charge in [-0.05, 0) is 13.0 Å². The average Bonchev–Trinajstić information content (AvgIpc) is 2.77. The SMILES string of the molecule is C[C@@H](O)CNC(=O)Nc1nc2ccc([N+](=O)[O-])cc2s1. The van der Waals surface area contributed by atoms with Crippen molar-refractivity contribution in [2.45, 2.75) is 13.0 Å². The Morgan fingerprint density at radius 2 is 2.35 bits per heavy atom. The third kappa shape index (κ3) is 3.39. The predicted molar refractivity (Wildman–Crippen MR) is 75.0 cm³/mol. The summed E-state index contributed by atoms with van der Waals surface area (Å²) in [5.41, 5.74) is 0.553. The van der Waals surface area contributed by atoms with Crippen LogP contribution in [0.2, 0.25) is 0 Å². The number of hydrogen-bond donors (Lipinski definition) is 3. The van der Waals surface area contributed by atoms with E-state index in [0.717, 1.165) is 11.3 Å². The van der Waals surface area contributed by atoms with Crippen LogP contribution in [-0.2, 0) is 0 Å². The van der Waals surface area contributed by atoms with Gasteiger partial charge in [0.15, 0.2) is 5.13 Å². The van der Waals surface area contributed by atoms with Crippen LogP contribution in [0, 0.1) is 10.1 Å². The highest BCUT2D eigenvalue weighted by atomic mass is 32.1. The van der Waals surface area contributed by atoms with Crippen molar-refractivity contribution in [2.75, 3.05) is 11.9 Å². The molecule has 106 valence electrons. The first-order chi connectivity index (χ1) is 9.45. The summed E-state index contributed by atoms with van der Waals surface area (Å²) in [4.78, 5) is 25.8. The molecule has 2 aromatic rings. The van der Waals surface area contributed by atoms with E-state index in [-0.39, 0.29) is 12.2 Å². The lowest BCUT2D eigenvalue weighted by Crippen LogP contribution is -2.34. The Morgan fingerprint density at radius 3 is 3.00 bits per heavy atom. The van der Waals surface area contributed by atoms with Crippen molar-refractivity contribution in [3.63, 3.8) is 0 Å². The maximum Gasteiger partial charge on any atom is 0.321 e. The maximum atomic E-state index is 11.5. The van der Waals surface area contributed by atoms with Crippen LogP contribution < -0.4 is 10.6 Å². The van der Waals surface area contributed by atoms with Crippen molar-refractivity contribution >= 4 is 38.4 Å². The van der Waals surface area contributed by atoms with Crippen LogP contribution in [0.3, 0.4) is 0 Å². The molecular formula is C11H12N4O4S. The minimum atomic E-state index is -0.640. The molecule has 0 aliphatic carbocycles. The first-order valence-electron chi connectivity index (χ1n) is 5.73. The van der Waals surface area contributed by atoms with Gasteiger partial charge in [-0.25, -0.2) is 9.78 Å². The number of amides is 2. The van der Waals surface area contributed by atoms with Crippen molar-refractivity contribution < 1.29 is 14.8 Å². The Morgan fingerprint density at radius 1 is 1.60 bits per heavy atom. The van der Waals surface area contributed by atoms with Crippen LogP contribution in [0.25, 0.3) is 10.2 Å². The molecule has 0 radical (unpaired) electrons. The zero-order valence-corrected chi connectivity index (χ0v) is 11.3. The van der Waals surface area contributed by atoms with Crippen molar-refractivity contribution in [3.05, 3.63) is 28.3 Å². The van der Waals surface area contributed by atoms with Crippen LogP contribution in [0.4, 0.5) is 15.6 Å². The van der Waals surface area contributed by atoms with E-state index in [1.54, 1.807) is 6.92 Å². The number of nitro benzene ring substituents is 1. The van der Waals surface area contributed by atoms with Gasteiger partial charge in [0.2, 0.25) is 0 Å². The van der Waals surface area contributed by atoms with Gasteiger partial charge < -0.3 is 10.4 Å². The summed E-state index contributed by atoms with van der Waals surface area (Å²) in [6.45, 7) is 1.68. The number of hydrogen-bond acceptors (Lipinski definition) is 6. The van der Waals surface area contributed by atoms with E-state index in [4.69, 9.17) is 5.11 Å². The molecule has 8 nitrogen and oxygen atoms in total. The highest BCUT2D eigenvalue weighted by Crippen LogP contribution is 2.28. The highest BCUT2D eigenvalue weighted by molar-refractivity contribution is 7.22. The number of nitrogens with one attached hydrogen (secondary N) is 2. The second-order valence-electron chi connectivity index (χ2n) is 4.11. The van der Waals surface area contributed by atoms with Gasteiger partial charge >= 0.3 is 6.03 Å². The topological polar surface area (TPSA) is 117 Å². The number of carbonyl (C=O) groups is 1. The molecule has 1 atom stereocenters. The van der Waals surface area contributed by atoms with Gasteiger partial charge in [-0.1, -0.05) is 11.3 Å². The number of rotatable bonds is 4. The van der Waals surface area contributed by atoms with Gasteiger partial charge in [-0.2, -0.15) is 0 Å². The summed E-state index contributed by atoms with van der Waals surface area (Å²) >= 11 is 1.14. The van der Waals surface area contributed by atoms with Crippen LogP contribution in [0.1, 0.15) is 6.92 Å². The quantitative estimate of drug-likeness (QED) is 0.586. The van der Waals surface area contributed by atoms with Crippen LogP contribution >= 0.6 is 11.3 Å². The van der Waals surface area contributed by atoms with Crippen LogP contribution in [0.15, 0.2) is 18.2 Å². The van der Waals surface area contributed by atoms with Crippen LogP contribution in [-0.4, -0.2) is 33.7 Å². The van der Waals surface area contributed by atoms with E-state index >= 15 is 0 Å². The third-order valence-corrected chi connectivity index (χ3v) is 3.29. The molecule has 0 aliphatic rings. The monoisotopic (exact) mass is 296 g/mol. The fourth-order valence-corrected chi connectivity index (χ4v) is 2.36. The van der Waals surface area contributed by atoms with Crippen molar-refractivity contribution in [1.29, 1.82) is 0 Å². The van der Waals surface area contributed by atoms with Gasteiger partial charge in [0.05, 0.1) is 21.2 Å². The molecule has 0 saturated heterocycles. The standard InChI is InChI=1S/C11H12N4O4S/c1-6(16)5-12-10(17)14-11-13-8-3-2-7(15(18)19)4-9(8)20-11/h2-4,6,16H,5H2,1H3,(H2,12,13,14,17)/t6-/m1/s1. The van der Waals surface area contributed by atoms with Gasteiger partial charge in [-0.3, -0.25) is 15.4 Å². The molecule has 1 aromatic heterocycles. The number of nitrogens with zero attached hydrogens (tertiary/aromatic N) is 2. The summed E-state index contributed by atoms with van der Waals surface area (Å²) in [5.74, 6) is 0. The molecule has 0 saturated carbocycles. The molecule has 20 heavy (non-hydrogen) atoms. The fraction of sp³-hybridized carbons (Fsp3) is 0.273. The first kappa shape index (κ1) is 14.2. The lowest BCUT2D eigenvalue weighted by molar-refractivity contribution is -0.384. The van der Waals surface area contributed by atoms with Gasteiger partial charge in [-0.15, -0.1) is 0 Å². The minimum absolute atomic E-state index is 0.0220. The Bertz CT molecular complexity index is 655.